The Morgan fingerprint density at radius 2 is 0.827 bits per heavy atom. The molecule has 0 unspecified atom stereocenters. The van der Waals surface area contributed by atoms with Crippen molar-refractivity contribution in [2.75, 3.05) is 0 Å². The number of oxazole rings is 1. The fraction of sp³-hybridized carbons (Fsp3) is 0. The number of benzene rings is 8. The van der Waals surface area contributed by atoms with Crippen LogP contribution in [0.1, 0.15) is 0 Å². The maximum Gasteiger partial charge on any atom is 0.228 e. The molecule has 0 radical (unpaired) electrons. The van der Waals surface area contributed by atoms with E-state index in [9.17, 15) is 0 Å². The SMILES string of the molecule is c1ccc(-c2cc(-c3ccccc3)c3nc(-c4c(-c5ccccc5)cc(-n5c6ccccc6c6ccccc65)cc4-c4ccccc4)oc3c2)cc1. The largest absolute Gasteiger partial charge is 0.436 e. The standard InChI is InChI=1S/C49H32N2O/c1-5-17-33(18-6-1)37-29-43(36-23-11-4-12-24-36)48-46(30-37)52-49(50-48)47-41(34-19-7-2-8-20-34)31-38(32-42(47)35-21-9-3-10-22-35)51-44-27-15-13-25-39(44)40-26-14-16-28-45(40)51/h1-32H. The molecule has 2 aromatic heterocycles. The molecule has 10 rings (SSSR count). The van der Waals surface area contributed by atoms with E-state index in [0.717, 1.165) is 77.9 Å². The summed E-state index contributed by atoms with van der Waals surface area (Å²) in [7, 11) is 0. The van der Waals surface area contributed by atoms with E-state index in [-0.39, 0.29) is 0 Å². The van der Waals surface area contributed by atoms with Gasteiger partial charge in [0.1, 0.15) is 5.52 Å². The zero-order valence-corrected chi connectivity index (χ0v) is 28.3. The van der Waals surface area contributed by atoms with Crippen molar-refractivity contribution < 1.29 is 4.42 Å². The Morgan fingerprint density at radius 1 is 0.385 bits per heavy atom. The van der Waals surface area contributed by atoms with Crippen molar-refractivity contribution >= 4 is 32.9 Å². The molecule has 3 heteroatoms. The first kappa shape index (κ1) is 29.9. The lowest BCUT2D eigenvalue weighted by atomic mass is 9.90. The van der Waals surface area contributed by atoms with Crippen LogP contribution < -0.4 is 0 Å². The van der Waals surface area contributed by atoms with Gasteiger partial charge in [-0.1, -0.05) is 158 Å². The van der Waals surface area contributed by atoms with Crippen LogP contribution in [0.3, 0.4) is 0 Å². The molecule has 8 aromatic carbocycles. The highest BCUT2D eigenvalue weighted by molar-refractivity contribution is 6.10. The summed E-state index contributed by atoms with van der Waals surface area (Å²) in [4.78, 5) is 5.39. The maximum atomic E-state index is 6.96. The quantitative estimate of drug-likeness (QED) is 0.177. The van der Waals surface area contributed by atoms with Gasteiger partial charge in [0.05, 0.1) is 16.6 Å². The van der Waals surface area contributed by atoms with E-state index >= 15 is 0 Å². The molecule has 0 spiro atoms. The number of hydrogen-bond acceptors (Lipinski definition) is 2. The minimum atomic E-state index is 0.587. The summed E-state index contributed by atoms with van der Waals surface area (Å²) in [6, 6.07) is 68.5. The lowest BCUT2D eigenvalue weighted by Crippen LogP contribution is -1.99. The molecule has 10 aromatic rings. The topological polar surface area (TPSA) is 31.0 Å². The van der Waals surface area contributed by atoms with Gasteiger partial charge in [-0.2, -0.15) is 0 Å². The molecule has 0 saturated carbocycles. The second-order valence-electron chi connectivity index (χ2n) is 13.1. The van der Waals surface area contributed by atoms with Gasteiger partial charge < -0.3 is 8.98 Å². The van der Waals surface area contributed by atoms with Crippen LogP contribution in [0.5, 0.6) is 0 Å². The Kier molecular flexibility index (Phi) is 7.14. The van der Waals surface area contributed by atoms with Crippen LogP contribution in [-0.4, -0.2) is 9.55 Å². The number of rotatable bonds is 6. The van der Waals surface area contributed by atoms with Crippen LogP contribution in [0.15, 0.2) is 199 Å². The Bertz CT molecular complexity index is 2760. The Hall–Kier alpha value is -6.97. The molecule has 52 heavy (non-hydrogen) atoms. The molecule has 0 atom stereocenters. The molecule has 0 aliphatic carbocycles. The molecular weight excluding hydrogens is 633 g/mol. The van der Waals surface area contributed by atoms with Gasteiger partial charge in [0, 0.05) is 22.0 Å². The smallest absolute Gasteiger partial charge is 0.228 e. The van der Waals surface area contributed by atoms with Gasteiger partial charge in [-0.15, -0.1) is 0 Å². The first-order valence-electron chi connectivity index (χ1n) is 17.6. The van der Waals surface area contributed by atoms with E-state index in [0.29, 0.717) is 5.89 Å². The third-order valence-electron chi connectivity index (χ3n) is 10.0. The summed E-state index contributed by atoms with van der Waals surface area (Å²) < 4.78 is 9.34. The highest BCUT2D eigenvalue weighted by atomic mass is 16.3. The van der Waals surface area contributed by atoms with Crippen molar-refractivity contribution in [1.29, 1.82) is 0 Å². The second-order valence-corrected chi connectivity index (χ2v) is 13.1. The molecule has 0 fully saturated rings. The molecule has 244 valence electrons. The van der Waals surface area contributed by atoms with Gasteiger partial charge in [0.2, 0.25) is 5.89 Å². The first-order chi connectivity index (χ1) is 25.8. The van der Waals surface area contributed by atoms with Crippen LogP contribution in [0.25, 0.3) is 94.6 Å². The summed E-state index contributed by atoms with van der Waals surface area (Å²) >= 11 is 0. The first-order valence-corrected chi connectivity index (χ1v) is 17.6. The maximum absolute atomic E-state index is 6.96. The van der Waals surface area contributed by atoms with Gasteiger partial charge in [-0.05, 0) is 75.3 Å². The molecule has 0 aliphatic heterocycles. The number of fused-ring (bicyclic) bond motifs is 4. The average Bonchev–Trinajstić information content (AvgIpc) is 3.81. The van der Waals surface area contributed by atoms with Gasteiger partial charge in [-0.25, -0.2) is 4.98 Å². The summed E-state index contributed by atoms with van der Waals surface area (Å²) in [6.07, 6.45) is 0. The highest BCUT2D eigenvalue weighted by Gasteiger charge is 2.24. The van der Waals surface area contributed by atoms with Crippen LogP contribution in [0.4, 0.5) is 0 Å². The van der Waals surface area contributed by atoms with Crippen molar-refractivity contribution in [1.82, 2.24) is 9.55 Å². The van der Waals surface area contributed by atoms with E-state index in [1.54, 1.807) is 0 Å². The Labute approximate surface area is 301 Å². The van der Waals surface area contributed by atoms with Crippen LogP contribution >= 0.6 is 0 Å². The minimum Gasteiger partial charge on any atom is -0.436 e. The van der Waals surface area contributed by atoms with Crippen molar-refractivity contribution in [3.05, 3.63) is 194 Å². The summed E-state index contributed by atoms with van der Waals surface area (Å²) in [5.41, 5.74) is 14.6. The van der Waals surface area contributed by atoms with Crippen LogP contribution in [0, 0.1) is 0 Å². The molecule has 0 bridgehead atoms. The Morgan fingerprint density at radius 3 is 1.35 bits per heavy atom. The lowest BCUT2D eigenvalue weighted by Gasteiger charge is -2.18. The van der Waals surface area contributed by atoms with E-state index in [2.05, 4.69) is 187 Å². The number of hydrogen-bond donors (Lipinski definition) is 0. The molecular formula is C49H32N2O. The predicted octanol–water partition coefficient (Wildman–Crippen LogP) is 13.3. The third kappa shape index (κ3) is 5.02. The van der Waals surface area contributed by atoms with Gasteiger partial charge in [0.15, 0.2) is 5.58 Å². The van der Waals surface area contributed by atoms with E-state index in [1.807, 2.05) is 12.1 Å². The Balaban J connectivity index is 1.30. The fourth-order valence-corrected chi connectivity index (χ4v) is 7.65. The number of para-hydroxylation sites is 2. The molecule has 0 amide bonds. The summed E-state index contributed by atoms with van der Waals surface area (Å²) in [5.74, 6) is 0.587. The summed E-state index contributed by atoms with van der Waals surface area (Å²) in [5, 5.41) is 2.46. The van der Waals surface area contributed by atoms with E-state index in [1.165, 1.54) is 10.8 Å². The lowest BCUT2D eigenvalue weighted by molar-refractivity contribution is 0.620. The second kappa shape index (κ2) is 12.4. The number of nitrogens with zero attached hydrogens (tertiary/aromatic N) is 2. The van der Waals surface area contributed by atoms with Crippen LogP contribution in [0.2, 0.25) is 0 Å². The van der Waals surface area contributed by atoms with E-state index in [4.69, 9.17) is 9.40 Å². The van der Waals surface area contributed by atoms with Crippen LogP contribution in [-0.2, 0) is 0 Å². The highest BCUT2D eigenvalue weighted by Crippen LogP contribution is 2.45. The van der Waals surface area contributed by atoms with Crippen molar-refractivity contribution in [2.24, 2.45) is 0 Å². The normalized spacial score (nSPS) is 11.5. The molecule has 0 aliphatic rings. The third-order valence-corrected chi connectivity index (χ3v) is 10.0. The van der Waals surface area contributed by atoms with Gasteiger partial charge in [0.25, 0.3) is 0 Å². The van der Waals surface area contributed by atoms with Crippen molar-refractivity contribution in [3.8, 4) is 61.6 Å². The summed E-state index contributed by atoms with van der Waals surface area (Å²) in [6.45, 7) is 0. The molecule has 3 nitrogen and oxygen atoms in total. The predicted molar refractivity (Wildman–Crippen MR) is 216 cm³/mol. The zero-order valence-electron chi connectivity index (χ0n) is 28.3. The number of aromatic nitrogens is 2. The fourth-order valence-electron chi connectivity index (χ4n) is 7.65. The average molecular weight is 665 g/mol. The molecule has 0 N–H and O–H groups in total. The molecule has 0 saturated heterocycles. The zero-order chi connectivity index (χ0) is 34.4. The van der Waals surface area contributed by atoms with Crippen molar-refractivity contribution in [3.63, 3.8) is 0 Å². The van der Waals surface area contributed by atoms with E-state index < -0.39 is 0 Å². The minimum absolute atomic E-state index is 0.587. The van der Waals surface area contributed by atoms with Gasteiger partial charge >= 0.3 is 0 Å². The monoisotopic (exact) mass is 664 g/mol. The van der Waals surface area contributed by atoms with Crippen molar-refractivity contribution in [2.45, 2.75) is 0 Å². The molecule has 2 heterocycles. The van der Waals surface area contributed by atoms with Gasteiger partial charge in [-0.3, -0.25) is 0 Å².